The average Bonchev–Trinajstić information content (AvgIpc) is 4.02. The molecule has 3 aromatic heterocycles. The van der Waals surface area contributed by atoms with E-state index < -0.39 is 0 Å². The van der Waals surface area contributed by atoms with E-state index in [1.807, 2.05) is 0 Å². The van der Waals surface area contributed by atoms with Crippen LogP contribution in [0, 0.1) is 0 Å². The largest absolute Gasteiger partial charge is 0.335 e. The molecule has 5 nitrogen and oxygen atoms in total. The fourth-order valence-electron chi connectivity index (χ4n) is 11.6. The van der Waals surface area contributed by atoms with Gasteiger partial charge >= 0.3 is 0 Å². The van der Waals surface area contributed by atoms with Crippen LogP contribution in [0.1, 0.15) is 53.5 Å². The summed E-state index contributed by atoms with van der Waals surface area (Å²) < 4.78 is 4.96. The minimum absolute atomic E-state index is 0.199. The van der Waals surface area contributed by atoms with Crippen LogP contribution in [0.2, 0.25) is 0 Å². The molecular weight excluding hydrogens is 707 g/mol. The molecule has 13 rings (SSSR count). The van der Waals surface area contributed by atoms with Crippen molar-refractivity contribution in [2.75, 3.05) is 9.80 Å². The van der Waals surface area contributed by atoms with E-state index in [9.17, 15) is 0 Å². The van der Waals surface area contributed by atoms with Crippen molar-refractivity contribution < 1.29 is 0 Å². The summed E-state index contributed by atoms with van der Waals surface area (Å²) in [5.41, 5.74) is 14.3. The lowest BCUT2D eigenvalue weighted by atomic mass is 9.72. The number of fused-ring (bicyclic) bond motifs is 14. The summed E-state index contributed by atoms with van der Waals surface area (Å²) in [7, 11) is 0. The van der Waals surface area contributed by atoms with Crippen LogP contribution in [-0.4, -0.2) is 26.2 Å². The Labute approximate surface area is 337 Å². The number of aryl methyl sites for hydroxylation is 1. The molecule has 9 aromatic rings. The zero-order chi connectivity index (χ0) is 37.9. The van der Waals surface area contributed by atoms with Crippen LogP contribution >= 0.6 is 0 Å². The Morgan fingerprint density at radius 2 is 1.07 bits per heavy atom. The first-order valence-corrected chi connectivity index (χ1v) is 20.9. The van der Waals surface area contributed by atoms with E-state index in [0.717, 1.165) is 30.9 Å². The molecule has 1 saturated carbocycles. The maximum Gasteiger partial charge on any atom is 0.140 e. The van der Waals surface area contributed by atoms with Crippen molar-refractivity contribution in [3.05, 3.63) is 192 Å². The van der Waals surface area contributed by atoms with E-state index in [0.29, 0.717) is 11.8 Å². The van der Waals surface area contributed by atoms with Gasteiger partial charge in [-0.05, 0) is 103 Å². The maximum absolute atomic E-state index is 5.79. The van der Waals surface area contributed by atoms with Gasteiger partial charge in [0.05, 0.1) is 28.6 Å². The second-order valence-corrected chi connectivity index (χ2v) is 16.5. The first kappa shape index (κ1) is 32.3. The van der Waals surface area contributed by atoms with Crippen LogP contribution < -0.4 is 9.80 Å². The highest BCUT2D eigenvalue weighted by Crippen LogP contribution is 2.60. The quantitative estimate of drug-likeness (QED) is 0.180. The number of pyridine rings is 1. The molecule has 58 heavy (non-hydrogen) atoms. The molecule has 4 aliphatic rings. The number of hydrogen-bond donors (Lipinski definition) is 0. The first-order chi connectivity index (χ1) is 28.8. The summed E-state index contributed by atoms with van der Waals surface area (Å²) in [5.74, 6) is 2.76. The van der Waals surface area contributed by atoms with Crippen molar-refractivity contribution >= 4 is 61.7 Å². The number of anilines is 4. The highest BCUT2D eigenvalue weighted by atomic mass is 15.3. The van der Waals surface area contributed by atoms with Crippen molar-refractivity contribution in [2.45, 2.75) is 49.6 Å². The van der Waals surface area contributed by atoms with E-state index in [1.165, 1.54) is 84.3 Å². The van der Waals surface area contributed by atoms with E-state index in [4.69, 9.17) is 4.98 Å². The topological polar surface area (TPSA) is 29.2 Å². The summed E-state index contributed by atoms with van der Waals surface area (Å²) >= 11 is 0. The van der Waals surface area contributed by atoms with E-state index in [-0.39, 0.29) is 12.1 Å². The number of allylic oxidation sites excluding steroid dienone is 1. The summed E-state index contributed by atoms with van der Waals surface area (Å²) in [6, 6.07) is 61.0. The molecule has 278 valence electrons. The molecule has 4 unspecified atom stereocenters. The first-order valence-electron chi connectivity index (χ1n) is 20.9. The second-order valence-electron chi connectivity index (χ2n) is 16.5. The minimum Gasteiger partial charge on any atom is -0.335 e. The summed E-state index contributed by atoms with van der Waals surface area (Å²) in [5, 5.41) is 3.81. The fraction of sp³-hybridized carbons (Fsp3) is 0.151. The Hall–Kier alpha value is -6.85. The average molecular weight is 748 g/mol. The zero-order valence-electron chi connectivity index (χ0n) is 32.1. The number of hydrogen-bond acceptors (Lipinski definition) is 3. The lowest BCUT2D eigenvalue weighted by molar-refractivity contribution is 0.325. The van der Waals surface area contributed by atoms with Crippen LogP contribution in [0.15, 0.2) is 170 Å². The Bertz CT molecular complexity index is 3120. The van der Waals surface area contributed by atoms with Gasteiger partial charge in [0.15, 0.2) is 0 Å². The third-order valence-electron chi connectivity index (χ3n) is 13.7. The Morgan fingerprint density at radius 3 is 1.84 bits per heavy atom. The molecular formula is C53H41N5. The molecule has 0 bridgehead atoms. The van der Waals surface area contributed by atoms with Gasteiger partial charge in [0, 0.05) is 56.4 Å². The fourth-order valence-corrected chi connectivity index (χ4v) is 11.6. The molecule has 6 aromatic carbocycles. The molecule has 1 fully saturated rings. The van der Waals surface area contributed by atoms with Crippen molar-refractivity contribution in [3.63, 3.8) is 0 Å². The molecule has 0 saturated heterocycles. The van der Waals surface area contributed by atoms with Gasteiger partial charge in [0.1, 0.15) is 11.6 Å². The summed E-state index contributed by atoms with van der Waals surface area (Å²) in [6.45, 7) is 0. The van der Waals surface area contributed by atoms with Gasteiger partial charge in [-0.3, -0.25) is 4.57 Å². The highest BCUT2D eigenvalue weighted by molar-refractivity contribution is 6.19. The van der Waals surface area contributed by atoms with Crippen molar-refractivity contribution in [1.29, 1.82) is 0 Å². The van der Waals surface area contributed by atoms with E-state index in [2.05, 4.69) is 195 Å². The molecule has 0 radical (unpaired) electrons. The summed E-state index contributed by atoms with van der Waals surface area (Å²) in [4.78, 5) is 11.1. The standard InChI is InChI=1S/C53H41N5/c1-3-16-34(17-4-1)55-44-24-11-7-20-36(44)40-30-32-42-38-22-9-13-26-46(38)57(52(42)50(40)55)48-28-15-29-49(54-48)58-47-27-14-10-23-39(47)43-33-31-41-37-21-8-12-25-45(37)56(51(41)53(43)58)35-18-5-2-6-19-35/h1-7,9-20,22-29,31,33,40,42,50,52H,8,21,30,32H2. The number of para-hydroxylation sites is 5. The molecule has 2 aliphatic carbocycles. The van der Waals surface area contributed by atoms with Crippen LogP contribution in [0.3, 0.4) is 0 Å². The molecule has 0 amide bonds. The van der Waals surface area contributed by atoms with Gasteiger partial charge in [0.25, 0.3) is 0 Å². The van der Waals surface area contributed by atoms with Crippen LogP contribution in [0.25, 0.3) is 50.3 Å². The number of nitrogens with zero attached hydrogens (tertiary/aromatic N) is 5. The third-order valence-corrected chi connectivity index (χ3v) is 13.7. The Kier molecular flexibility index (Phi) is 6.85. The molecule has 0 spiro atoms. The molecule has 0 N–H and O–H groups in total. The Morgan fingerprint density at radius 1 is 0.466 bits per heavy atom. The molecule has 4 atom stereocenters. The van der Waals surface area contributed by atoms with Crippen molar-refractivity contribution in [2.24, 2.45) is 0 Å². The maximum atomic E-state index is 5.79. The van der Waals surface area contributed by atoms with Gasteiger partial charge in [-0.1, -0.05) is 115 Å². The molecule has 5 heteroatoms. The number of rotatable bonds is 4. The van der Waals surface area contributed by atoms with Crippen molar-refractivity contribution in [1.82, 2.24) is 14.1 Å². The van der Waals surface area contributed by atoms with Gasteiger partial charge in [0.2, 0.25) is 0 Å². The van der Waals surface area contributed by atoms with Crippen LogP contribution in [0.4, 0.5) is 22.9 Å². The van der Waals surface area contributed by atoms with E-state index >= 15 is 0 Å². The van der Waals surface area contributed by atoms with Crippen molar-refractivity contribution in [3.8, 4) is 11.5 Å². The monoisotopic (exact) mass is 747 g/mol. The minimum atomic E-state index is 0.199. The second kappa shape index (κ2) is 12.3. The van der Waals surface area contributed by atoms with Gasteiger partial charge in [-0.25, -0.2) is 4.98 Å². The SMILES string of the molecule is C1=Cc2c(c3ccc4c5ccccc5n(-c5cccc(N6c7ccccc7C7CCC8c9ccccc9N(c9ccccc9)C8C76)n5)c4c3n2-c2ccccc2)CC1. The molecule has 2 aliphatic heterocycles. The van der Waals surface area contributed by atoms with Gasteiger partial charge in [-0.2, -0.15) is 0 Å². The third kappa shape index (κ3) is 4.39. The predicted octanol–water partition coefficient (Wildman–Crippen LogP) is 12.8. The van der Waals surface area contributed by atoms with Crippen LogP contribution in [-0.2, 0) is 6.42 Å². The van der Waals surface area contributed by atoms with Gasteiger partial charge in [-0.15, -0.1) is 0 Å². The zero-order valence-corrected chi connectivity index (χ0v) is 32.1. The van der Waals surface area contributed by atoms with E-state index in [1.54, 1.807) is 0 Å². The lowest BCUT2D eigenvalue weighted by Gasteiger charge is -2.45. The smallest absolute Gasteiger partial charge is 0.140 e. The molecule has 5 heterocycles. The number of aromatic nitrogens is 3. The highest BCUT2D eigenvalue weighted by Gasteiger charge is 2.55. The lowest BCUT2D eigenvalue weighted by Crippen LogP contribution is -2.52. The van der Waals surface area contributed by atoms with Crippen LogP contribution in [0.5, 0.6) is 0 Å². The Balaban J connectivity index is 1.05. The van der Waals surface area contributed by atoms with Gasteiger partial charge < -0.3 is 14.4 Å². The predicted molar refractivity (Wildman–Crippen MR) is 239 cm³/mol. The normalized spacial score (nSPS) is 20.3. The number of benzene rings is 6. The summed E-state index contributed by atoms with van der Waals surface area (Å²) in [6.07, 6.45) is 9.07.